The Labute approximate surface area is 360 Å². The molecule has 4 heteroatoms. The van der Waals surface area contributed by atoms with Crippen LogP contribution in [-0.4, -0.2) is 17.9 Å². The summed E-state index contributed by atoms with van der Waals surface area (Å²) >= 11 is 0. The van der Waals surface area contributed by atoms with Crippen molar-refractivity contribution < 1.29 is 0 Å². The number of aryl methyl sites for hydroxylation is 1. The standard InChI is InChI=1S/C58H42N4/c59-33-35-11-9-13-39(27-35)56-55-32-41(37-23-25-50-46-19-3-1-15-42(46)44-17-5-7-21-48(44)53(50)29-37)31-52(57(55)62-58(61-56)40-14-10-12-36(28-40)34-60)38-24-26-51-47-20-4-2-16-43(47)45-18-6-8-22-49(45)54(51)30-38/h1-2,4-9,11,13-18,20-23,25-32,38,52,57-58,62H,3,10,12,19,24H2. The topological polar surface area (TPSA) is 72.0 Å². The lowest BCUT2D eigenvalue weighted by molar-refractivity contribution is 0.365. The molecule has 0 bridgehead atoms. The van der Waals surface area contributed by atoms with Gasteiger partial charge in [0.2, 0.25) is 0 Å². The van der Waals surface area contributed by atoms with Crippen LogP contribution in [0.25, 0.3) is 66.9 Å². The Morgan fingerprint density at radius 2 is 1.37 bits per heavy atom. The molecular weight excluding hydrogens is 753 g/mol. The fourth-order valence-electron chi connectivity index (χ4n) is 11.1. The minimum absolute atomic E-state index is 0.0523. The van der Waals surface area contributed by atoms with Gasteiger partial charge in [-0.25, -0.2) is 0 Å². The van der Waals surface area contributed by atoms with Crippen LogP contribution in [0.2, 0.25) is 0 Å². The van der Waals surface area contributed by atoms with E-state index in [1.807, 2.05) is 24.3 Å². The molecule has 0 aromatic heterocycles. The highest BCUT2D eigenvalue weighted by molar-refractivity contribution is 6.17. The van der Waals surface area contributed by atoms with E-state index in [0.29, 0.717) is 5.56 Å². The molecule has 0 fully saturated rings. The highest BCUT2D eigenvalue weighted by atomic mass is 15.1. The van der Waals surface area contributed by atoms with E-state index >= 15 is 0 Å². The van der Waals surface area contributed by atoms with Crippen molar-refractivity contribution in [2.45, 2.75) is 44.3 Å². The van der Waals surface area contributed by atoms with Crippen LogP contribution < -0.4 is 15.8 Å². The quantitative estimate of drug-likeness (QED) is 0.180. The summed E-state index contributed by atoms with van der Waals surface area (Å²) in [5, 5.41) is 37.1. The molecule has 0 radical (unpaired) electrons. The molecule has 1 N–H and O–H groups in total. The minimum Gasteiger partial charge on any atom is -0.284 e. The molecule has 0 saturated heterocycles. The number of benzene rings is 7. The SMILES string of the molecule is N#CC1=CC(C2N=C(c3cccc(C#N)c3)C3=CC(c4ccc5c6c(c7ccccc7c5c4)C=CCC6)=CC(C4C=c5c(c6ccccc6c6ccccc56)=CC4)C3N2)=CCC1. The molecule has 4 nitrogen and oxygen atoms in total. The van der Waals surface area contributed by atoms with Crippen molar-refractivity contribution in [1.82, 2.24) is 5.32 Å². The van der Waals surface area contributed by atoms with E-state index in [-0.39, 0.29) is 24.0 Å². The highest BCUT2D eigenvalue weighted by Crippen LogP contribution is 2.43. The Morgan fingerprint density at radius 3 is 2.16 bits per heavy atom. The molecule has 0 spiro atoms. The molecule has 7 aromatic rings. The zero-order valence-electron chi connectivity index (χ0n) is 34.3. The molecule has 0 amide bonds. The van der Waals surface area contributed by atoms with Crippen LogP contribution in [0, 0.1) is 34.5 Å². The van der Waals surface area contributed by atoms with Crippen LogP contribution in [-0.2, 0) is 6.42 Å². The van der Waals surface area contributed by atoms with Crippen LogP contribution >= 0.6 is 0 Å². The van der Waals surface area contributed by atoms with Gasteiger partial charge in [-0.3, -0.25) is 10.3 Å². The largest absolute Gasteiger partial charge is 0.284 e. The second-order valence-corrected chi connectivity index (χ2v) is 17.4. The van der Waals surface area contributed by atoms with Crippen LogP contribution in [0.1, 0.15) is 53.5 Å². The van der Waals surface area contributed by atoms with Crippen LogP contribution in [0.3, 0.4) is 0 Å². The fourth-order valence-corrected chi connectivity index (χ4v) is 11.1. The molecule has 62 heavy (non-hydrogen) atoms. The third-order valence-corrected chi connectivity index (χ3v) is 14.0. The first-order chi connectivity index (χ1) is 30.6. The third kappa shape index (κ3) is 5.87. The van der Waals surface area contributed by atoms with Crippen LogP contribution in [0.5, 0.6) is 0 Å². The number of aliphatic imine (C=N–C) groups is 1. The first-order valence-electron chi connectivity index (χ1n) is 22.0. The Balaban J connectivity index is 1.09. The maximum Gasteiger partial charge on any atom is 0.126 e. The zero-order valence-corrected chi connectivity index (χ0v) is 34.3. The molecule has 4 atom stereocenters. The summed E-state index contributed by atoms with van der Waals surface area (Å²) in [5.74, 6) is 0.218. The number of hydrogen-bond acceptors (Lipinski definition) is 4. The number of fused-ring (bicyclic) bond motifs is 13. The molecule has 4 unspecified atom stereocenters. The van der Waals surface area contributed by atoms with Gasteiger partial charge < -0.3 is 0 Å². The summed E-state index contributed by atoms with van der Waals surface area (Å²) < 4.78 is 0. The van der Waals surface area contributed by atoms with Crippen molar-refractivity contribution in [1.29, 1.82) is 10.5 Å². The fraction of sp³-hybridized carbons (Fsp3) is 0.155. The van der Waals surface area contributed by atoms with E-state index in [4.69, 9.17) is 4.99 Å². The summed E-state index contributed by atoms with van der Waals surface area (Å²) in [6.45, 7) is 0. The van der Waals surface area contributed by atoms with Gasteiger partial charge in [0, 0.05) is 23.1 Å². The van der Waals surface area contributed by atoms with Gasteiger partial charge in [0.15, 0.2) is 0 Å². The predicted molar refractivity (Wildman–Crippen MR) is 256 cm³/mol. The van der Waals surface area contributed by atoms with Gasteiger partial charge in [0.25, 0.3) is 0 Å². The number of allylic oxidation sites excluding steroid dienone is 5. The zero-order chi connectivity index (χ0) is 41.3. The second-order valence-electron chi connectivity index (χ2n) is 17.4. The molecule has 0 saturated carbocycles. The Kier molecular flexibility index (Phi) is 8.63. The number of nitriles is 2. The number of hydrogen-bond donors (Lipinski definition) is 1. The maximum atomic E-state index is 10.1. The number of nitrogens with one attached hydrogen (secondary N) is 1. The van der Waals surface area contributed by atoms with Crippen LogP contribution in [0.4, 0.5) is 0 Å². The minimum atomic E-state index is -0.351. The molecule has 1 heterocycles. The summed E-state index contributed by atoms with van der Waals surface area (Å²) in [6, 6.07) is 46.3. The number of rotatable bonds is 4. The van der Waals surface area contributed by atoms with Crippen molar-refractivity contribution in [3.63, 3.8) is 0 Å². The Bertz CT molecular complexity index is 3520. The summed E-state index contributed by atoms with van der Waals surface area (Å²) in [4.78, 5) is 5.52. The highest BCUT2D eigenvalue weighted by Gasteiger charge is 2.40. The average Bonchev–Trinajstić information content (AvgIpc) is 3.35. The van der Waals surface area contributed by atoms with Gasteiger partial charge in [-0.15, -0.1) is 0 Å². The normalized spacial score (nSPS) is 21.5. The lowest BCUT2D eigenvalue weighted by atomic mass is 9.71. The first kappa shape index (κ1) is 36.5. The average molecular weight is 795 g/mol. The molecule has 7 aromatic carbocycles. The monoisotopic (exact) mass is 794 g/mol. The van der Waals surface area contributed by atoms with E-state index in [2.05, 4.69) is 157 Å². The van der Waals surface area contributed by atoms with Gasteiger partial charge in [0.1, 0.15) is 6.17 Å². The number of nitrogens with zero attached hydrogens (tertiary/aromatic N) is 3. The molecule has 1 aliphatic heterocycles. The Morgan fingerprint density at radius 1 is 0.613 bits per heavy atom. The van der Waals surface area contributed by atoms with Crippen molar-refractivity contribution in [2.75, 3.05) is 0 Å². The molecule has 4 aliphatic carbocycles. The maximum absolute atomic E-state index is 10.1. The van der Waals surface area contributed by atoms with Crippen molar-refractivity contribution in [3.05, 3.63) is 201 Å². The summed E-state index contributed by atoms with van der Waals surface area (Å²) in [6.07, 6.45) is 23.0. The molecular formula is C58H42N4. The predicted octanol–water partition coefficient (Wildman–Crippen LogP) is 11.3. The molecule has 5 aliphatic rings. The third-order valence-electron chi connectivity index (χ3n) is 14.0. The van der Waals surface area contributed by atoms with E-state index in [9.17, 15) is 10.5 Å². The van der Waals surface area contributed by atoms with Gasteiger partial charge >= 0.3 is 0 Å². The van der Waals surface area contributed by atoms with Crippen molar-refractivity contribution in [3.8, 4) is 12.1 Å². The van der Waals surface area contributed by atoms with E-state index in [0.717, 1.165) is 60.1 Å². The van der Waals surface area contributed by atoms with Gasteiger partial charge in [-0.1, -0.05) is 134 Å². The van der Waals surface area contributed by atoms with Gasteiger partial charge in [-0.2, -0.15) is 10.5 Å². The van der Waals surface area contributed by atoms with Crippen molar-refractivity contribution in [2.24, 2.45) is 16.8 Å². The van der Waals surface area contributed by atoms with E-state index in [1.165, 1.54) is 75.8 Å². The molecule has 294 valence electrons. The first-order valence-corrected chi connectivity index (χ1v) is 22.0. The van der Waals surface area contributed by atoms with E-state index in [1.54, 1.807) is 0 Å². The van der Waals surface area contributed by atoms with Crippen molar-refractivity contribution >= 4 is 72.6 Å². The summed E-state index contributed by atoms with van der Waals surface area (Å²) in [7, 11) is 0. The Hall–Kier alpha value is -7.37. The van der Waals surface area contributed by atoms with E-state index < -0.39 is 0 Å². The smallest absolute Gasteiger partial charge is 0.126 e. The lowest BCUT2D eigenvalue weighted by Gasteiger charge is -2.42. The van der Waals surface area contributed by atoms with Crippen LogP contribution in [0.15, 0.2) is 167 Å². The van der Waals surface area contributed by atoms with Gasteiger partial charge in [0.05, 0.1) is 23.4 Å². The lowest BCUT2D eigenvalue weighted by Crippen LogP contribution is -2.52. The van der Waals surface area contributed by atoms with Gasteiger partial charge in [-0.05, 0) is 155 Å². The molecule has 12 rings (SSSR count). The second kappa shape index (κ2) is 14.7. The summed E-state index contributed by atoms with van der Waals surface area (Å²) in [5.41, 5.74) is 10.5.